The second-order valence-corrected chi connectivity index (χ2v) is 6.78. The van der Waals surface area contributed by atoms with Gasteiger partial charge in [-0.3, -0.25) is 4.79 Å². The molecule has 152 valence electrons. The molecule has 0 heterocycles. The Morgan fingerprint density at radius 1 is 0.964 bits per heavy atom. The van der Waals surface area contributed by atoms with Crippen LogP contribution in [-0.2, 0) is 11.2 Å². The summed E-state index contributed by atoms with van der Waals surface area (Å²) in [5.74, 6) is 2.26. The van der Waals surface area contributed by atoms with Gasteiger partial charge in [0.05, 0.1) is 27.4 Å². The molecule has 0 aliphatic rings. The average molecular weight is 386 g/mol. The number of carbonyl (C=O) groups is 1. The lowest BCUT2D eigenvalue weighted by Crippen LogP contribution is -2.34. The molecule has 2 aromatic rings. The van der Waals surface area contributed by atoms with Crippen molar-refractivity contribution >= 4 is 5.91 Å². The number of nitrogens with one attached hydrogen (secondary N) is 1. The van der Waals surface area contributed by atoms with Crippen molar-refractivity contribution in [3.05, 3.63) is 53.6 Å². The smallest absolute Gasteiger partial charge is 0.220 e. The molecule has 0 fully saturated rings. The second-order valence-electron chi connectivity index (χ2n) is 6.78. The van der Waals surface area contributed by atoms with E-state index in [2.05, 4.69) is 10.2 Å². The molecule has 0 saturated heterocycles. The van der Waals surface area contributed by atoms with Gasteiger partial charge in [-0.1, -0.05) is 12.1 Å². The first-order valence-corrected chi connectivity index (χ1v) is 9.25. The lowest BCUT2D eigenvalue weighted by atomic mass is 10.1. The predicted molar refractivity (Wildman–Crippen MR) is 110 cm³/mol. The van der Waals surface area contributed by atoms with Crippen molar-refractivity contribution in [2.24, 2.45) is 0 Å². The van der Waals surface area contributed by atoms with Crippen LogP contribution in [0, 0.1) is 0 Å². The molecule has 1 amide bonds. The van der Waals surface area contributed by atoms with Crippen molar-refractivity contribution in [3.63, 3.8) is 0 Å². The van der Waals surface area contributed by atoms with Crippen molar-refractivity contribution in [1.82, 2.24) is 10.2 Å². The Morgan fingerprint density at radius 2 is 1.61 bits per heavy atom. The van der Waals surface area contributed by atoms with Gasteiger partial charge in [0.15, 0.2) is 0 Å². The summed E-state index contributed by atoms with van der Waals surface area (Å²) in [5.41, 5.74) is 2.10. The van der Waals surface area contributed by atoms with Crippen molar-refractivity contribution in [3.8, 4) is 17.2 Å². The third-order valence-electron chi connectivity index (χ3n) is 4.65. The Balaban J connectivity index is 1.94. The number of benzene rings is 2. The molecule has 0 aliphatic heterocycles. The van der Waals surface area contributed by atoms with Crippen LogP contribution in [0.3, 0.4) is 0 Å². The molecule has 2 aromatic carbocycles. The van der Waals surface area contributed by atoms with E-state index in [0.29, 0.717) is 19.4 Å². The van der Waals surface area contributed by atoms with Crippen LogP contribution in [-0.4, -0.2) is 52.8 Å². The maximum atomic E-state index is 12.4. The third-order valence-corrected chi connectivity index (χ3v) is 4.65. The fourth-order valence-electron chi connectivity index (χ4n) is 3.01. The lowest BCUT2D eigenvalue weighted by molar-refractivity contribution is -0.121. The summed E-state index contributed by atoms with van der Waals surface area (Å²) in [7, 11) is 8.88. The summed E-state index contributed by atoms with van der Waals surface area (Å²) in [4.78, 5) is 14.5. The van der Waals surface area contributed by atoms with Crippen molar-refractivity contribution in [2.75, 3.05) is 42.0 Å². The topological polar surface area (TPSA) is 60.0 Å². The predicted octanol–water partition coefficient (Wildman–Crippen LogP) is 3.06. The van der Waals surface area contributed by atoms with E-state index in [1.54, 1.807) is 21.3 Å². The summed E-state index contributed by atoms with van der Waals surface area (Å²) in [6, 6.07) is 13.7. The molecular weight excluding hydrogens is 356 g/mol. The average Bonchev–Trinajstić information content (AvgIpc) is 2.71. The molecule has 0 saturated carbocycles. The molecule has 6 heteroatoms. The molecule has 0 bridgehead atoms. The number of ether oxygens (including phenoxy) is 3. The van der Waals surface area contributed by atoms with E-state index in [1.165, 1.54) is 0 Å². The minimum atomic E-state index is 0.0107. The highest BCUT2D eigenvalue weighted by atomic mass is 16.5. The van der Waals surface area contributed by atoms with Gasteiger partial charge in [-0.25, -0.2) is 0 Å². The first-order chi connectivity index (χ1) is 13.5. The van der Waals surface area contributed by atoms with E-state index >= 15 is 0 Å². The highest BCUT2D eigenvalue weighted by molar-refractivity contribution is 5.76. The minimum absolute atomic E-state index is 0.0107. The van der Waals surface area contributed by atoms with Crippen molar-refractivity contribution in [1.29, 1.82) is 0 Å². The van der Waals surface area contributed by atoms with Crippen LogP contribution < -0.4 is 19.5 Å². The molecule has 0 aliphatic carbocycles. The Labute approximate surface area is 167 Å². The quantitative estimate of drug-likeness (QED) is 0.680. The fraction of sp³-hybridized carbons (Fsp3) is 0.409. The molecule has 0 aromatic heterocycles. The Morgan fingerprint density at radius 3 is 2.18 bits per heavy atom. The van der Waals surface area contributed by atoms with Crippen molar-refractivity contribution in [2.45, 2.75) is 18.9 Å². The molecule has 0 radical (unpaired) electrons. The van der Waals surface area contributed by atoms with Gasteiger partial charge in [-0.2, -0.15) is 0 Å². The molecular formula is C22H30N2O4. The van der Waals surface area contributed by atoms with Crippen LogP contribution in [0.1, 0.15) is 23.6 Å². The minimum Gasteiger partial charge on any atom is -0.497 e. The third kappa shape index (κ3) is 6.16. The van der Waals surface area contributed by atoms with Gasteiger partial charge in [0.2, 0.25) is 5.91 Å². The number of aryl methyl sites for hydroxylation is 1. The zero-order valence-corrected chi connectivity index (χ0v) is 17.3. The van der Waals surface area contributed by atoms with Gasteiger partial charge in [0.25, 0.3) is 0 Å². The van der Waals surface area contributed by atoms with Crippen LogP contribution in [0.25, 0.3) is 0 Å². The van der Waals surface area contributed by atoms with Crippen LogP contribution in [0.15, 0.2) is 42.5 Å². The SMILES string of the molecule is COc1cc(CCC(=O)NCC(c2cccc(OC)c2)N(C)C)cc(OC)c1. The zero-order chi connectivity index (χ0) is 20.5. The number of methoxy groups -OCH3 is 3. The van der Waals surface area contributed by atoms with E-state index < -0.39 is 0 Å². The lowest BCUT2D eigenvalue weighted by Gasteiger charge is -2.25. The van der Waals surface area contributed by atoms with Gasteiger partial charge in [0, 0.05) is 19.0 Å². The Hall–Kier alpha value is -2.73. The summed E-state index contributed by atoms with van der Waals surface area (Å²) in [6.45, 7) is 0.528. The molecule has 1 unspecified atom stereocenters. The molecule has 1 N–H and O–H groups in total. The summed E-state index contributed by atoms with van der Waals surface area (Å²) < 4.78 is 15.9. The number of amides is 1. The van der Waals surface area contributed by atoms with Gasteiger partial charge >= 0.3 is 0 Å². The maximum absolute atomic E-state index is 12.4. The highest BCUT2D eigenvalue weighted by Gasteiger charge is 2.16. The summed E-state index contributed by atoms with van der Waals surface area (Å²) in [5, 5.41) is 3.04. The molecule has 28 heavy (non-hydrogen) atoms. The number of rotatable bonds is 10. The molecule has 0 spiro atoms. The van der Waals surface area contributed by atoms with Crippen LogP contribution in [0.2, 0.25) is 0 Å². The number of hydrogen-bond acceptors (Lipinski definition) is 5. The van der Waals surface area contributed by atoms with Gasteiger partial charge < -0.3 is 24.4 Å². The van der Waals surface area contributed by atoms with Crippen LogP contribution >= 0.6 is 0 Å². The van der Waals surface area contributed by atoms with E-state index in [9.17, 15) is 4.79 Å². The largest absolute Gasteiger partial charge is 0.497 e. The van der Waals surface area contributed by atoms with E-state index in [1.807, 2.05) is 56.6 Å². The Bertz CT molecular complexity index is 755. The monoisotopic (exact) mass is 386 g/mol. The number of likely N-dealkylation sites (N-methyl/N-ethyl adjacent to an activating group) is 1. The number of nitrogens with zero attached hydrogens (tertiary/aromatic N) is 1. The van der Waals surface area contributed by atoms with Crippen LogP contribution in [0.5, 0.6) is 17.2 Å². The van der Waals surface area contributed by atoms with E-state index in [-0.39, 0.29) is 11.9 Å². The molecule has 6 nitrogen and oxygen atoms in total. The molecule has 2 rings (SSSR count). The Kier molecular flexibility index (Phi) is 8.14. The normalized spacial score (nSPS) is 11.8. The highest BCUT2D eigenvalue weighted by Crippen LogP contribution is 2.24. The van der Waals surface area contributed by atoms with E-state index in [0.717, 1.165) is 28.4 Å². The number of hydrogen-bond donors (Lipinski definition) is 1. The standard InChI is InChI=1S/C22H30N2O4/c1-24(2)21(17-7-6-8-18(13-17)26-3)15-23-22(25)10-9-16-11-19(27-4)14-20(12-16)28-5/h6-8,11-14,21H,9-10,15H2,1-5H3,(H,23,25). The van der Waals surface area contributed by atoms with Gasteiger partial charge in [0.1, 0.15) is 17.2 Å². The fourth-order valence-corrected chi connectivity index (χ4v) is 3.01. The second kappa shape index (κ2) is 10.6. The number of carbonyl (C=O) groups excluding carboxylic acids is 1. The molecule has 1 atom stereocenters. The van der Waals surface area contributed by atoms with Crippen LogP contribution in [0.4, 0.5) is 0 Å². The summed E-state index contributed by atoms with van der Waals surface area (Å²) >= 11 is 0. The zero-order valence-electron chi connectivity index (χ0n) is 17.3. The van der Waals surface area contributed by atoms with Gasteiger partial charge in [-0.05, 0) is 55.9 Å². The first-order valence-electron chi connectivity index (χ1n) is 9.25. The van der Waals surface area contributed by atoms with E-state index in [4.69, 9.17) is 14.2 Å². The first kappa shape index (κ1) is 21.6. The van der Waals surface area contributed by atoms with Gasteiger partial charge in [-0.15, -0.1) is 0 Å². The summed E-state index contributed by atoms with van der Waals surface area (Å²) in [6.07, 6.45) is 1.01. The van der Waals surface area contributed by atoms with Crippen molar-refractivity contribution < 1.29 is 19.0 Å². The maximum Gasteiger partial charge on any atom is 0.220 e.